The van der Waals surface area contributed by atoms with Gasteiger partial charge in [0, 0.05) is 0 Å². The summed E-state index contributed by atoms with van der Waals surface area (Å²) >= 11 is 0. The van der Waals surface area contributed by atoms with E-state index in [9.17, 15) is 10.2 Å². The molecule has 0 spiro atoms. The number of aromatic hydroxyl groups is 1. The zero-order valence-electron chi connectivity index (χ0n) is 12.6. The van der Waals surface area contributed by atoms with Crippen LogP contribution in [-0.4, -0.2) is 47.4 Å². The summed E-state index contributed by atoms with van der Waals surface area (Å²) < 4.78 is 37.8. The maximum Gasteiger partial charge on any atom is 0.215 e. The third-order valence-corrected chi connectivity index (χ3v) is 2.56. The van der Waals surface area contributed by atoms with Crippen LogP contribution in [0.15, 0.2) is 12.1 Å². The Morgan fingerprint density at radius 1 is 1.41 bits per heavy atom. The van der Waals surface area contributed by atoms with Crippen LogP contribution in [-0.2, 0) is 10.4 Å². The van der Waals surface area contributed by atoms with Gasteiger partial charge in [-0.2, -0.15) is 0 Å². The molecule has 22 heavy (non-hydrogen) atoms. The Morgan fingerprint density at radius 2 is 1.91 bits per heavy atom. The van der Waals surface area contributed by atoms with E-state index in [1.165, 1.54) is 7.11 Å². The highest BCUT2D eigenvalue weighted by Crippen LogP contribution is 2.34. The maximum atomic E-state index is 9.98. The highest BCUT2D eigenvalue weighted by atomic mass is 32.3. The quantitative estimate of drug-likeness (QED) is 0.197. The first-order chi connectivity index (χ1) is 9.95. The number of methoxy groups -OCH3 is 1. The summed E-state index contributed by atoms with van der Waals surface area (Å²) in [5.41, 5.74) is 6.50. The third-order valence-electron chi connectivity index (χ3n) is 2.56. The fourth-order valence-corrected chi connectivity index (χ4v) is 1.54. The molecule has 1 rings (SSSR count). The lowest BCUT2D eigenvalue weighted by molar-refractivity contribution is -0.689. The lowest BCUT2D eigenvalue weighted by atomic mass is 10.1. The Bertz CT molecular complexity index is 567. The number of anilines is 1. The number of benzene rings is 1. The number of rotatable bonds is 5. The molecule has 0 aliphatic rings. The molecule has 1 atom stereocenters. The summed E-state index contributed by atoms with van der Waals surface area (Å²) in [4.78, 5) is 0. The Morgan fingerprint density at radius 3 is 2.32 bits per heavy atom. The molecule has 0 bridgehead atoms. The van der Waals surface area contributed by atoms with Crippen LogP contribution in [0.2, 0.25) is 0 Å². The third kappa shape index (κ3) is 8.64. The van der Waals surface area contributed by atoms with E-state index >= 15 is 0 Å². The van der Waals surface area contributed by atoms with Crippen molar-refractivity contribution in [3.05, 3.63) is 17.7 Å². The zero-order valence-corrected chi connectivity index (χ0v) is 13.4. The van der Waals surface area contributed by atoms with E-state index in [2.05, 4.69) is 13.8 Å². The van der Waals surface area contributed by atoms with Crippen LogP contribution < -0.4 is 15.8 Å². The summed E-state index contributed by atoms with van der Waals surface area (Å²) in [5, 5.41) is 21.6. The second-order valence-electron chi connectivity index (χ2n) is 4.82. The first kappa shape index (κ1) is 20.4. The van der Waals surface area contributed by atoms with E-state index in [0.717, 1.165) is 0 Å². The number of phenolic OH excluding ortho intramolecular Hbond substituents is 1. The zero-order chi connectivity index (χ0) is 17.5. The van der Waals surface area contributed by atoms with Crippen LogP contribution >= 0.6 is 0 Å². The van der Waals surface area contributed by atoms with Crippen molar-refractivity contribution >= 4 is 16.1 Å². The fraction of sp³-hybridized carbons (Fsp3) is 0.500. The van der Waals surface area contributed by atoms with E-state index in [4.69, 9.17) is 28.0 Å². The first-order valence-electron chi connectivity index (χ1n) is 6.31. The normalized spacial score (nSPS) is 12.5. The van der Waals surface area contributed by atoms with E-state index < -0.39 is 16.5 Å². The number of hydrogen-bond acceptors (Lipinski definition) is 7. The standard InChI is InChI=1S/C12H20N2O3.H2O4S/c1-7(2)14-6-10(15)8-4-9(13)12(16)11(5-8)17-3;1-5(2,3)4/h4-5,7,10,14-16H,6,13H2,1-3H3;(H2,1,2,3,4). The topological polar surface area (TPSA) is 170 Å². The highest BCUT2D eigenvalue weighted by Gasteiger charge is 2.15. The van der Waals surface area contributed by atoms with Gasteiger partial charge < -0.3 is 30.6 Å². The number of aliphatic hydroxyl groups is 1. The van der Waals surface area contributed by atoms with Gasteiger partial charge in [0.05, 0.1) is 18.8 Å². The van der Waals surface area contributed by atoms with E-state index in [1.807, 2.05) is 5.32 Å². The molecule has 0 heterocycles. The molecule has 1 unspecified atom stereocenters. The van der Waals surface area contributed by atoms with Crippen LogP contribution in [0.1, 0.15) is 25.5 Å². The van der Waals surface area contributed by atoms with Gasteiger partial charge in [-0.1, -0.05) is 0 Å². The Kier molecular flexibility index (Phi) is 8.12. The summed E-state index contributed by atoms with van der Waals surface area (Å²) in [6.45, 7) is 4.65. The second kappa shape index (κ2) is 8.76. The highest BCUT2D eigenvalue weighted by molar-refractivity contribution is 7.79. The number of ether oxygens (including phenoxy) is 1. The molecule has 0 amide bonds. The summed E-state index contributed by atoms with van der Waals surface area (Å²) in [5.74, 6) is 0.194. The minimum Gasteiger partial charge on any atom is -0.726 e. The summed E-state index contributed by atoms with van der Waals surface area (Å²) in [6, 6.07) is 3.59. The lowest BCUT2D eigenvalue weighted by Crippen LogP contribution is -2.89. The van der Waals surface area contributed by atoms with Crippen molar-refractivity contribution < 1.29 is 37.8 Å². The molecule has 0 radical (unpaired) electrons. The maximum absolute atomic E-state index is 9.98. The molecule has 1 aromatic rings. The number of hydrogen-bond donors (Lipinski definition) is 5. The smallest absolute Gasteiger partial charge is 0.215 e. The van der Waals surface area contributed by atoms with E-state index in [1.54, 1.807) is 12.1 Å². The van der Waals surface area contributed by atoms with Gasteiger partial charge in [0.2, 0.25) is 10.4 Å². The molecule has 10 heteroatoms. The van der Waals surface area contributed by atoms with E-state index in [-0.39, 0.29) is 17.2 Å². The van der Waals surface area contributed by atoms with Crippen molar-refractivity contribution in [3.8, 4) is 11.5 Å². The molecule has 0 aliphatic carbocycles. The van der Waals surface area contributed by atoms with Crippen LogP contribution in [0.4, 0.5) is 5.69 Å². The average molecular weight is 338 g/mol. The number of aliphatic hydroxyl groups excluding tert-OH is 1. The molecular formula is C12H22N2O7S. The molecule has 7 N–H and O–H groups in total. The van der Waals surface area contributed by atoms with Gasteiger partial charge in [-0.3, -0.25) is 4.55 Å². The van der Waals surface area contributed by atoms with Gasteiger partial charge >= 0.3 is 0 Å². The van der Waals surface area contributed by atoms with E-state index in [0.29, 0.717) is 18.2 Å². The Balaban J connectivity index is 0.000000763. The minimum atomic E-state index is -4.92. The van der Waals surface area contributed by atoms with Crippen LogP contribution in [0.3, 0.4) is 0 Å². The molecule has 0 saturated heterocycles. The molecule has 0 saturated carbocycles. The van der Waals surface area contributed by atoms with Crippen LogP contribution in [0.5, 0.6) is 11.5 Å². The average Bonchev–Trinajstić information content (AvgIpc) is 2.37. The van der Waals surface area contributed by atoms with Crippen molar-refractivity contribution in [3.63, 3.8) is 0 Å². The molecule has 0 fully saturated rings. The minimum absolute atomic E-state index is 0.0868. The van der Waals surface area contributed by atoms with Gasteiger partial charge in [-0.05, 0) is 31.5 Å². The van der Waals surface area contributed by atoms with Crippen molar-refractivity contribution in [2.75, 3.05) is 19.4 Å². The van der Waals surface area contributed by atoms with Crippen molar-refractivity contribution in [1.29, 1.82) is 0 Å². The molecule has 0 aromatic heterocycles. The molecule has 1 aromatic carbocycles. The van der Waals surface area contributed by atoms with Gasteiger partial charge in [0.25, 0.3) is 0 Å². The summed E-state index contributed by atoms with van der Waals surface area (Å²) in [7, 11) is -3.47. The number of quaternary nitrogens is 1. The van der Waals surface area contributed by atoms with Gasteiger partial charge in [0.1, 0.15) is 12.6 Å². The van der Waals surface area contributed by atoms with Crippen molar-refractivity contribution in [2.45, 2.75) is 26.0 Å². The molecule has 9 nitrogen and oxygen atoms in total. The predicted octanol–water partition coefficient (Wildman–Crippen LogP) is -1.01. The van der Waals surface area contributed by atoms with Gasteiger partial charge in [-0.25, -0.2) is 8.42 Å². The van der Waals surface area contributed by atoms with Crippen molar-refractivity contribution in [1.82, 2.24) is 0 Å². The molecular weight excluding hydrogens is 316 g/mol. The number of phenols is 1. The van der Waals surface area contributed by atoms with Gasteiger partial charge in [-0.15, -0.1) is 0 Å². The van der Waals surface area contributed by atoms with Crippen LogP contribution in [0, 0.1) is 0 Å². The number of nitrogens with two attached hydrogens (primary N) is 2. The lowest BCUT2D eigenvalue weighted by Gasteiger charge is -2.14. The van der Waals surface area contributed by atoms with Gasteiger partial charge in [0.15, 0.2) is 11.5 Å². The monoisotopic (exact) mass is 338 g/mol. The second-order valence-corrected chi connectivity index (χ2v) is 5.68. The SMILES string of the molecule is COc1cc(C(O)C[NH2+]C(C)C)cc(N)c1O.O=S(=O)([O-])O. The van der Waals surface area contributed by atoms with Crippen molar-refractivity contribution in [2.24, 2.45) is 0 Å². The molecule has 128 valence electrons. The molecule has 0 aliphatic heterocycles. The first-order valence-corrected chi connectivity index (χ1v) is 7.68. The fourth-order valence-electron chi connectivity index (χ4n) is 1.54. The Hall–Kier alpha value is -1.59. The predicted molar refractivity (Wildman–Crippen MR) is 78.3 cm³/mol. The Labute approximate surface area is 129 Å². The summed E-state index contributed by atoms with van der Waals surface area (Å²) in [6.07, 6.45) is -0.630. The number of nitrogen functional groups attached to an aromatic ring is 1. The largest absolute Gasteiger partial charge is 0.726 e. The van der Waals surface area contributed by atoms with Crippen LogP contribution in [0.25, 0.3) is 0 Å².